The van der Waals surface area contributed by atoms with Crippen LogP contribution >= 0.6 is 11.8 Å². The van der Waals surface area contributed by atoms with Gasteiger partial charge in [0.25, 0.3) is 5.91 Å². The summed E-state index contributed by atoms with van der Waals surface area (Å²) in [4.78, 5) is 12.2. The minimum atomic E-state index is -4.38. The number of hydroxylamine groups is 1. The van der Waals surface area contributed by atoms with E-state index in [1.54, 1.807) is 7.11 Å². The zero-order valence-electron chi connectivity index (χ0n) is 19.6. The molecule has 0 aliphatic heterocycles. The Morgan fingerprint density at radius 2 is 1.58 bits per heavy atom. The van der Waals surface area contributed by atoms with Gasteiger partial charge in [0.1, 0.15) is 11.5 Å². The van der Waals surface area contributed by atoms with Gasteiger partial charge in [-0.25, -0.2) is 13.9 Å². The minimum absolute atomic E-state index is 0.0150. The van der Waals surface area contributed by atoms with E-state index in [1.165, 1.54) is 54.0 Å². The minimum Gasteiger partial charge on any atom is -0.457 e. The maximum absolute atomic E-state index is 13.2. The number of halogens is 3. The maximum Gasteiger partial charge on any atom is 0.446 e. The predicted octanol–water partition coefficient (Wildman–Crippen LogP) is 4.66. The molecule has 8 nitrogen and oxygen atoms in total. The number of carbonyl (C=O) groups excluding carboxylic acids is 1. The van der Waals surface area contributed by atoms with Crippen molar-refractivity contribution in [3.63, 3.8) is 0 Å². The summed E-state index contributed by atoms with van der Waals surface area (Å²) in [6.45, 7) is 1.29. The molecule has 200 valence electrons. The molecule has 0 unspecified atom stereocenters. The summed E-state index contributed by atoms with van der Waals surface area (Å²) < 4.78 is 72.1. The molecule has 0 saturated heterocycles. The second-order valence-corrected chi connectivity index (χ2v) is 11.3. The van der Waals surface area contributed by atoms with Gasteiger partial charge in [-0.3, -0.25) is 10.0 Å². The number of benzene rings is 2. The standard InChI is InChI=1S/C20H20F3NO5S2.C3H9NO/c21-20(22,23)30-16-8-4-14(5-9-16)29-15-6-10-17(11-7-15)31(27,28)19(18(25)24-26)12-2-1-3-13-19;1-5-3-2-4/h4-11,26H,1-3,12-13H2,(H,24,25);2-4H2,1H3. The first-order valence-corrected chi connectivity index (χ1v) is 13.3. The fourth-order valence-corrected chi connectivity index (χ4v) is 6.32. The molecule has 1 saturated carbocycles. The number of rotatable bonds is 8. The van der Waals surface area contributed by atoms with Crippen molar-refractivity contribution in [2.45, 2.75) is 52.2 Å². The third kappa shape index (κ3) is 7.84. The molecule has 1 fully saturated rings. The molecule has 1 aliphatic rings. The van der Waals surface area contributed by atoms with Crippen molar-refractivity contribution in [1.29, 1.82) is 0 Å². The van der Waals surface area contributed by atoms with Crippen molar-refractivity contribution in [3.05, 3.63) is 48.5 Å². The molecule has 36 heavy (non-hydrogen) atoms. The number of alkyl halides is 3. The van der Waals surface area contributed by atoms with Crippen molar-refractivity contribution < 1.29 is 41.1 Å². The van der Waals surface area contributed by atoms with Crippen LogP contribution in [-0.4, -0.2) is 50.0 Å². The first-order valence-electron chi connectivity index (χ1n) is 11.0. The van der Waals surface area contributed by atoms with Crippen LogP contribution in [0.3, 0.4) is 0 Å². The number of sulfone groups is 1. The Labute approximate surface area is 212 Å². The van der Waals surface area contributed by atoms with E-state index in [0.29, 0.717) is 26.0 Å². The van der Waals surface area contributed by atoms with E-state index in [9.17, 15) is 26.4 Å². The Bertz CT molecular complexity index is 1070. The number of hydrogen-bond donors (Lipinski definition) is 3. The normalized spacial score (nSPS) is 15.4. The Kier molecular flexibility index (Phi) is 11.0. The van der Waals surface area contributed by atoms with Crippen LogP contribution < -0.4 is 16.0 Å². The van der Waals surface area contributed by atoms with Gasteiger partial charge in [-0.1, -0.05) is 19.3 Å². The summed E-state index contributed by atoms with van der Waals surface area (Å²) in [7, 11) is -2.45. The number of carbonyl (C=O) groups is 1. The number of nitrogens with one attached hydrogen (secondary N) is 1. The van der Waals surface area contributed by atoms with Crippen LogP contribution in [0.1, 0.15) is 32.1 Å². The van der Waals surface area contributed by atoms with Crippen molar-refractivity contribution in [1.82, 2.24) is 5.48 Å². The molecule has 4 N–H and O–H groups in total. The van der Waals surface area contributed by atoms with Gasteiger partial charge < -0.3 is 15.2 Å². The SMILES string of the molecule is COCCN.O=C(NO)C1(S(=O)(=O)c2ccc(Oc3ccc(SC(F)(F)F)cc3)cc2)CCCCC1. The summed E-state index contributed by atoms with van der Waals surface area (Å²) in [6, 6.07) is 10.7. The quantitative estimate of drug-likeness (QED) is 0.246. The van der Waals surface area contributed by atoms with E-state index in [-0.39, 0.29) is 45.9 Å². The fraction of sp³-hybridized carbons (Fsp3) is 0.435. The molecule has 2 aromatic carbocycles. The van der Waals surface area contributed by atoms with Crippen LogP contribution in [0.15, 0.2) is 58.3 Å². The second kappa shape index (κ2) is 13.3. The van der Waals surface area contributed by atoms with Gasteiger partial charge in [0.2, 0.25) is 0 Å². The van der Waals surface area contributed by atoms with Gasteiger partial charge in [-0.05, 0) is 73.1 Å². The number of amides is 1. The lowest BCUT2D eigenvalue weighted by Gasteiger charge is -2.34. The van der Waals surface area contributed by atoms with Crippen LogP contribution in [0.25, 0.3) is 0 Å². The zero-order chi connectivity index (χ0) is 26.8. The molecule has 0 aromatic heterocycles. The highest BCUT2D eigenvalue weighted by atomic mass is 32.2. The molecule has 13 heteroatoms. The number of nitrogens with two attached hydrogens (primary N) is 1. The summed E-state index contributed by atoms with van der Waals surface area (Å²) in [6.07, 6.45) is 2.14. The van der Waals surface area contributed by atoms with Crippen molar-refractivity contribution >= 4 is 27.5 Å². The molecule has 0 heterocycles. The molecule has 0 radical (unpaired) electrons. The average molecular weight is 551 g/mol. The molecule has 2 aromatic rings. The lowest BCUT2D eigenvalue weighted by atomic mass is 9.88. The largest absolute Gasteiger partial charge is 0.457 e. The van der Waals surface area contributed by atoms with Crippen molar-refractivity contribution in [2.24, 2.45) is 5.73 Å². The Morgan fingerprint density at radius 1 is 1.06 bits per heavy atom. The van der Waals surface area contributed by atoms with E-state index in [1.807, 2.05) is 0 Å². The van der Waals surface area contributed by atoms with Gasteiger partial charge in [0.15, 0.2) is 14.6 Å². The van der Waals surface area contributed by atoms with E-state index in [2.05, 4.69) is 4.74 Å². The first-order chi connectivity index (χ1) is 17.0. The highest BCUT2D eigenvalue weighted by Crippen LogP contribution is 2.40. The maximum atomic E-state index is 13.2. The lowest BCUT2D eigenvalue weighted by molar-refractivity contribution is -0.132. The van der Waals surface area contributed by atoms with Crippen LogP contribution in [0.2, 0.25) is 0 Å². The molecule has 0 atom stereocenters. The third-order valence-electron chi connectivity index (χ3n) is 5.44. The fourth-order valence-electron chi connectivity index (χ4n) is 3.72. The molecular weight excluding hydrogens is 521 g/mol. The highest BCUT2D eigenvalue weighted by Gasteiger charge is 2.51. The van der Waals surface area contributed by atoms with Crippen LogP contribution in [0, 0.1) is 0 Å². The molecule has 1 amide bonds. The Morgan fingerprint density at radius 3 is 2.00 bits per heavy atom. The predicted molar refractivity (Wildman–Crippen MR) is 129 cm³/mol. The number of ether oxygens (including phenoxy) is 2. The molecule has 0 spiro atoms. The summed E-state index contributed by atoms with van der Waals surface area (Å²) in [5.74, 6) is -0.380. The van der Waals surface area contributed by atoms with Crippen LogP contribution in [0.4, 0.5) is 13.2 Å². The monoisotopic (exact) mass is 550 g/mol. The molecular formula is C23H29F3N2O6S2. The number of thioether (sulfide) groups is 1. The van der Waals surface area contributed by atoms with Gasteiger partial charge in [-0.2, -0.15) is 13.2 Å². The Hall–Kier alpha value is -2.32. The molecule has 0 bridgehead atoms. The third-order valence-corrected chi connectivity index (χ3v) is 8.69. The van der Waals surface area contributed by atoms with E-state index < -0.39 is 26.0 Å². The van der Waals surface area contributed by atoms with Crippen LogP contribution in [0.5, 0.6) is 11.5 Å². The first kappa shape index (κ1) is 29.9. The lowest BCUT2D eigenvalue weighted by Crippen LogP contribution is -2.52. The summed E-state index contributed by atoms with van der Waals surface area (Å²) >= 11 is -0.235. The van der Waals surface area contributed by atoms with Gasteiger partial charge >= 0.3 is 5.51 Å². The molecule has 3 rings (SSSR count). The average Bonchev–Trinajstić information content (AvgIpc) is 2.85. The smallest absolute Gasteiger partial charge is 0.446 e. The topological polar surface area (TPSA) is 128 Å². The highest BCUT2D eigenvalue weighted by molar-refractivity contribution is 8.00. The van der Waals surface area contributed by atoms with Crippen molar-refractivity contribution in [2.75, 3.05) is 20.3 Å². The molecule has 1 aliphatic carbocycles. The van der Waals surface area contributed by atoms with Crippen molar-refractivity contribution in [3.8, 4) is 11.5 Å². The van der Waals surface area contributed by atoms with Gasteiger partial charge in [0, 0.05) is 18.6 Å². The summed E-state index contributed by atoms with van der Waals surface area (Å²) in [5.41, 5.74) is 2.13. The second-order valence-electron chi connectivity index (χ2n) is 7.87. The summed E-state index contributed by atoms with van der Waals surface area (Å²) in [5, 5.41) is 9.10. The van der Waals surface area contributed by atoms with Crippen LogP contribution in [-0.2, 0) is 19.4 Å². The van der Waals surface area contributed by atoms with Gasteiger partial charge in [0.05, 0.1) is 11.5 Å². The van der Waals surface area contributed by atoms with E-state index in [0.717, 1.165) is 6.42 Å². The van der Waals surface area contributed by atoms with Gasteiger partial charge in [-0.15, -0.1) is 0 Å². The number of methoxy groups -OCH3 is 1. The number of hydrogen-bond acceptors (Lipinski definition) is 8. The van der Waals surface area contributed by atoms with E-state index >= 15 is 0 Å². The Balaban J connectivity index is 0.000000830. The van der Waals surface area contributed by atoms with E-state index in [4.69, 9.17) is 15.7 Å². The zero-order valence-corrected chi connectivity index (χ0v) is 21.2.